The molecule has 19 heavy (non-hydrogen) atoms. The average molecular weight is 266 g/mol. The molecule has 1 heterocycles. The maximum absolute atomic E-state index is 11.6. The number of nitrogens with zero attached hydrogens (tertiary/aromatic N) is 3. The quantitative estimate of drug-likeness (QED) is 0.662. The van der Waals surface area contributed by atoms with Crippen LogP contribution >= 0.6 is 0 Å². The van der Waals surface area contributed by atoms with Gasteiger partial charge in [0.25, 0.3) is 0 Å². The Kier molecular flexibility index (Phi) is 7.86. The lowest BCUT2D eigenvalue weighted by atomic mass is 10.1. The molecule has 1 aromatic rings. The zero-order valence-corrected chi connectivity index (χ0v) is 12.2. The lowest BCUT2D eigenvalue weighted by Crippen LogP contribution is -2.22. The van der Waals surface area contributed by atoms with Crippen molar-refractivity contribution >= 4 is 5.91 Å². The second-order valence-electron chi connectivity index (χ2n) is 4.91. The highest BCUT2D eigenvalue weighted by atomic mass is 16.1. The summed E-state index contributed by atoms with van der Waals surface area (Å²) in [5, 5.41) is 11.0. The molecule has 0 aromatic carbocycles. The molecule has 0 fully saturated rings. The van der Waals surface area contributed by atoms with Crippen LogP contribution in [-0.4, -0.2) is 20.9 Å². The summed E-state index contributed by atoms with van der Waals surface area (Å²) in [6.45, 7) is 5.70. The molecule has 0 aliphatic carbocycles. The molecule has 0 aliphatic rings. The highest BCUT2D eigenvalue weighted by Crippen LogP contribution is 2.02. The average Bonchev–Trinajstić information content (AvgIpc) is 2.87. The monoisotopic (exact) mass is 266 g/mol. The topological polar surface area (TPSA) is 59.8 Å². The van der Waals surface area contributed by atoms with Crippen LogP contribution in [0.2, 0.25) is 0 Å². The van der Waals surface area contributed by atoms with E-state index < -0.39 is 0 Å². The van der Waals surface area contributed by atoms with Crippen LogP contribution in [0.15, 0.2) is 6.20 Å². The van der Waals surface area contributed by atoms with E-state index >= 15 is 0 Å². The fourth-order valence-corrected chi connectivity index (χ4v) is 1.84. The van der Waals surface area contributed by atoms with Crippen LogP contribution < -0.4 is 5.32 Å². The molecule has 1 N–H and O–H groups in total. The molecule has 0 unspecified atom stereocenters. The molecule has 5 heteroatoms. The van der Waals surface area contributed by atoms with Crippen molar-refractivity contribution in [2.45, 2.75) is 71.9 Å². The first kappa shape index (κ1) is 15.7. The summed E-state index contributed by atoms with van der Waals surface area (Å²) < 4.78 is 1.84. The van der Waals surface area contributed by atoms with Crippen molar-refractivity contribution in [1.29, 1.82) is 0 Å². The number of hydrogen-bond acceptors (Lipinski definition) is 3. The minimum Gasteiger partial charge on any atom is -0.350 e. The van der Waals surface area contributed by atoms with E-state index in [2.05, 4.69) is 29.5 Å². The molecule has 1 rings (SSSR count). The second kappa shape index (κ2) is 9.53. The first-order valence-electron chi connectivity index (χ1n) is 7.42. The molecule has 0 spiro atoms. The predicted molar refractivity (Wildman–Crippen MR) is 75.5 cm³/mol. The van der Waals surface area contributed by atoms with Gasteiger partial charge < -0.3 is 5.32 Å². The third kappa shape index (κ3) is 6.94. The van der Waals surface area contributed by atoms with E-state index in [1.807, 2.05) is 10.9 Å². The molecule has 0 atom stereocenters. The standard InChI is InChI=1S/C14H26N4O/c1-3-5-7-8-9-14(19)15-11-13-12-18(17-16-13)10-6-4-2/h12H,3-11H2,1-2H3,(H,15,19). The van der Waals surface area contributed by atoms with Crippen molar-refractivity contribution < 1.29 is 4.79 Å². The largest absolute Gasteiger partial charge is 0.350 e. The van der Waals surface area contributed by atoms with Gasteiger partial charge in [-0.15, -0.1) is 5.10 Å². The Labute approximate surface area is 115 Å². The first-order chi connectivity index (χ1) is 9.26. The molecule has 108 valence electrons. The van der Waals surface area contributed by atoms with Crippen LogP contribution in [0.1, 0.15) is 64.5 Å². The van der Waals surface area contributed by atoms with Crippen molar-refractivity contribution in [2.75, 3.05) is 0 Å². The van der Waals surface area contributed by atoms with Gasteiger partial charge in [-0.2, -0.15) is 0 Å². The number of hydrogen-bond donors (Lipinski definition) is 1. The fraction of sp³-hybridized carbons (Fsp3) is 0.786. The number of aryl methyl sites for hydroxylation is 1. The third-order valence-corrected chi connectivity index (χ3v) is 3.05. The smallest absolute Gasteiger partial charge is 0.220 e. The highest BCUT2D eigenvalue weighted by Gasteiger charge is 2.04. The molecule has 0 aliphatic heterocycles. The van der Waals surface area contributed by atoms with Gasteiger partial charge in [-0.05, 0) is 12.8 Å². The maximum Gasteiger partial charge on any atom is 0.220 e. The zero-order valence-electron chi connectivity index (χ0n) is 12.2. The van der Waals surface area contributed by atoms with Crippen molar-refractivity contribution in [1.82, 2.24) is 20.3 Å². The zero-order chi connectivity index (χ0) is 13.9. The van der Waals surface area contributed by atoms with E-state index in [9.17, 15) is 4.79 Å². The van der Waals surface area contributed by atoms with Crippen molar-refractivity contribution in [3.8, 4) is 0 Å². The Morgan fingerprint density at radius 1 is 1.21 bits per heavy atom. The number of carbonyl (C=O) groups excluding carboxylic acids is 1. The summed E-state index contributed by atoms with van der Waals surface area (Å²) in [6.07, 6.45) is 9.29. The number of nitrogens with one attached hydrogen (secondary N) is 1. The van der Waals surface area contributed by atoms with Crippen LogP contribution in [0.3, 0.4) is 0 Å². The summed E-state index contributed by atoms with van der Waals surface area (Å²) in [6, 6.07) is 0. The third-order valence-electron chi connectivity index (χ3n) is 3.05. The summed E-state index contributed by atoms with van der Waals surface area (Å²) >= 11 is 0. The number of rotatable bonds is 10. The van der Waals surface area contributed by atoms with Crippen molar-refractivity contribution in [2.24, 2.45) is 0 Å². The molecule has 0 bridgehead atoms. The Morgan fingerprint density at radius 3 is 2.74 bits per heavy atom. The number of carbonyl (C=O) groups is 1. The van der Waals surface area contributed by atoms with Crippen LogP contribution in [0.4, 0.5) is 0 Å². The van der Waals surface area contributed by atoms with Crippen molar-refractivity contribution in [3.05, 3.63) is 11.9 Å². The molecule has 0 radical (unpaired) electrons. The van der Waals surface area contributed by atoms with E-state index in [0.29, 0.717) is 13.0 Å². The van der Waals surface area contributed by atoms with E-state index in [4.69, 9.17) is 0 Å². The van der Waals surface area contributed by atoms with Gasteiger partial charge in [0.1, 0.15) is 5.69 Å². The van der Waals surface area contributed by atoms with Gasteiger partial charge in [-0.1, -0.05) is 44.7 Å². The normalized spacial score (nSPS) is 10.6. The van der Waals surface area contributed by atoms with Gasteiger partial charge in [-0.3, -0.25) is 9.48 Å². The molecule has 5 nitrogen and oxygen atoms in total. The van der Waals surface area contributed by atoms with E-state index in [1.54, 1.807) is 0 Å². The van der Waals surface area contributed by atoms with Gasteiger partial charge in [0.15, 0.2) is 0 Å². The van der Waals surface area contributed by atoms with Crippen LogP contribution in [0, 0.1) is 0 Å². The van der Waals surface area contributed by atoms with E-state index in [1.165, 1.54) is 12.8 Å². The summed E-state index contributed by atoms with van der Waals surface area (Å²) in [5.41, 5.74) is 0.831. The van der Waals surface area contributed by atoms with Gasteiger partial charge in [0, 0.05) is 13.0 Å². The number of unbranched alkanes of at least 4 members (excludes halogenated alkanes) is 4. The second-order valence-corrected chi connectivity index (χ2v) is 4.91. The molecule has 0 saturated heterocycles. The Hall–Kier alpha value is -1.39. The molecule has 1 aromatic heterocycles. The lowest BCUT2D eigenvalue weighted by Gasteiger charge is -2.02. The first-order valence-corrected chi connectivity index (χ1v) is 7.42. The molecule has 1 amide bonds. The summed E-state index contributed by atoms with van der Waals surface area (Å²) in [7, 11) is 0. The molecular weight excluding hydrogens is 240 g/mol. The Bertz CT molecular complexity index is 362. The van der Waals surface area contributed by atoms with E-state index in [-0.39, 0.29) is 5.91 Å². The fourth-order valence-electron chi connectivity index (χ4n) is 1.84. The number of aromatic nitrogens is 3. The minimum atomic E-state index is 0.110. The van der Waals surface area contributed by atoms with Gasteiger partial charge >= 0.3 is 0 Å². The van der Waals surface area contributed by atoms with E-state index in [0.717, 1.165) is 37.9 Å². The SMILES string of the molecule is CCCCCCC(=O)NCc1cn(CCCC)nn1. The van der Waals surface area contributed by atoms with Crippen LogP contribution in [0.5, 0.6) is 0 Å². The van der Waals surface area contributed by atoms with Crippen molar-refractivity contribution in [3.63, 3.8) is 0 Å². The summed E-state index contributed by atoms with van der Waals surface area (Å²) in [5.74, 6) is 0.110. The predicted octanol–water partition coefficient (Wildman–Crippen LogP) is 2.66. The van der Waals surface area contributed by atoms with Gasteiger partial charge in [0.05, 0.1) is 12.7 Å². The molecule has 0 saturated carbocycles. The molecular formula is C14H26N4O. The lowest BCUT2D eigenvalue weighted by molar-refractivity contribution is -0.121. The van der Waals surface area contributed by atoms with Gasteiger partial charge in [0.2, 0.25) is 5.91 Å². The minimum absolute atomic E-state index is 0.110. The maximum atomic E-state index is 11.6. The Morgan fingerprint density at radius 2 is 2.00 bits per heavy atom. The highest BCUT2D eigenvalue weighted by molar-refractivity contribution is 5.75. The van der Waals surface area contributed by atoms with Crippen LogP contribution in [-0.2, 0) is 17.9 Å². The number of amides is 1. The summed E-state index contributed by atoms with van der Waals surface area (Å²) in [4.78, 5) is 11.6. The van der Waals surface area contributed by atoms with Crippen LogP contribution in [0.25, 0.3) is 0 Å². The Balaban J connectivity index is 2.17. The van der Waals surface area contributed by atoms with Gasteiger partial charge in [-0.25, -0.2) is 0 Å².